The van der Waals surface area contributed by atoms with E-state index >= 15 is 0 Å². The molecule has 1 aromatic heterocycles. The molecule has 21 heavy (non-hydrogen) atoms. The normalized spacial score (nSPS) is 10.7. The first kappa shape index (κ1) is 14.0. The summed E-state index contributed by atoms with van der Waals surface area (Å²) in [5.74, 6) is 0.868. The van der Waals surface area contributed by atoms with Gasteiger partial charge in [-0.3, -0.25) is 0 Å². The van der Waals surface area contributed by atoms with Crippen molar-refractivity contribution in [2.24, 2.45) is 0 Å². The number of nitrogens with one attached hydrogen (secondary N) is 1. The maximum Gasteiger partial charge on any atom is 0.143 e. The molecular formula is C18H16BrNO. The number of hydrogen-bond donors (Lipinski definition) is 1. The molecule has 1 heterocycles. The minimum Gasteiger partial charge on any atom is -0.487 e. The van der Waals surface area contributed by atoms with Crippen molar-refractivity contribution in [2.45, 2.75) is 13.0 Å². The van der Waals surface area contributed by atoms with Crippen molar-refractivity contribution in [2.75, 3.05) is 0 Å². The summed E-state index contributed by atoms with van der Waals surface area (Å²) in [6.45, 7) is 4.37. The monoisotopic (exact) mass is 341 g/mol. The molecule has 0 bridgehead atoms. The first-order valence-electron chi connectivity index (χ1n) is 6.85. The third kappa shape index (κ3) is 2.88. The number of aromatic nitrogens is 1. The van der Waals surface area contributed by atoms with Gasteiger partial charge >= 0.3 is 0 Å². The lowest BCUT2D eigenvalue weighted by Crippen LogP contribution is -1.95. The summed E-state index contributed by atoms with van der Waals surface area (Å²) < 4.78 is 7.05. The van der Waals surface area contributed by atoms with Gasteiger partial charge < -0.3 is 9.72 Å². The Morgan fingerprint density at radius 1 is 1.14 bits per heavy atom. The summed E-state index contributed by atoms with van der Waals surface area (Å²) in [6, 6.07) is 14.2. The van der Waals surface area contributed by atoms with Crippen LogP contribution in [0.3, 0.4) is 0 Å². The average molecular weight is 342 g/mol. The van der Waals surface area contributed by atoms with Gasteiger partial charge in [0.05, 0.1) is 5.52 Å². The Kier molecular flexibility index (Phi) is 4.11. The van der Waals surface area contributed by atoms with Crippen molar-refractivity contribution in [3.8, 4) is 5.75 Å². The molecule has 0 aliphatic carbocycles. The van der Waals surface area contributed by atoms with E-state index in [4.69, 9.17) is 4.74 Å². The Hall–Kier alpha value is -2.00. The highest BCUT2D eigenvalue weighted by Crippen LogP contribution is 2.34. The highest BCUT2D eigenvalue weighted by atomic mass is 79.9. The third-order valence-corrected chi connectivity index (χ3v) is 4.09. The van der Waals surface area contributed by atoms with Crippen LogP contribution in [0.5, 0.6) is 5.75 Å². The van der Waals surface area contributed by atoms with Crippen LogP contribution in [-0.2, 0) is 13.0 Å². The summed E-state index contributed by atoms with van der Waals surface area (Å²) >= 11 is 3.62. The Morgan fingerprint density at radius 3 is 2.71 bits per heavy atom. The highest BCUT2D eigenvalue weighted by Gasteiger charge is 2.11. The number of fused-ring (bicyclic) bond motifs is 1. The highest BCUT2D eigenvalue weighted by molar-refractivity contribution is 9.10. The quantitative estimate of drug-likeness (QED) is 0.631. The molecule has 106 valence electrons. The van der Waals surface area contributed by atoms with Crippen LogP contribution in [0.4, 0.5) is 0 Å². The van der Waals surface area contributed by atoms with Crippen molar-refractivity contribution in [3.63, 3.8) is 0 Å². The van der Waals surface area contributed by atoms with Crippen molar-refractivity contribution in [1.29, 1.82) is 0 Å². The Morgan fingerprint density at radius 2 is 1.95 bits per heavy atom. The molecule has 3 heteroatoms. The third-order valence-electron chi connectivity index (χ3n) is 3.43. The first-order chi connectivity index (χ1) is 10.3. The largest absolute Gasteiger partial charge is 0.487 e. The van der Waals surface area contributed by atoms with Crippen LogP contribution in [0.25, 0.3) is 10.9 Å². The maximum absolute atomic E-state index is 5.97. The summed E-state index contributed by atoms with van der Waals surface area (Å²) in [7, 11) is 0. The van der Waals surface area contributed by atoms with Crippen molar-refractivity contribution in [3.05, 3.63) is 76.9 Å². The fourth-order valence-electron chi connectivity index (χ4n) is 2.42. The second-order valence-electron chi connectivity index (χ2n) is 4.88. The van der Waals surface area contributed by atoms with E-state index in [1.54, 1.807) is 0 Å². The molecule has 0 unspecified atom stereocenters. The lowest BCUT2D eigenvalue weighted by molar-refractivity contribution is 0.309. The number of aromatic amines is 1. The molecule has 0 saturated heterocycles. The fraction of sp³-hybridized carbons (Fsp3) is 0.111. The Labute approximate surface area is 132 Å². The number of allylic oxidation sites excluding steroid dienone is 1. The topological polar surface area (TPSA) is 25.0 Å². The van der Waals surface area contributed by atoms with Gasteiger partial charge in [-0.1, -0.05) is 52.3 Å². The molecule has 0 aliphatic heterocycles. The predicted molar refractivity (Wildman–Crippen MR) is 90.7 cm³/mol. The van der Waals surface area contributed by atoms with Crippen LogP contribution in [0.2, 0.25) is 0 Å². The molecule has 0 spiro atoms. The van der Waals surface area contributed by atoms with E-state index in [-0.39, 0.29) is 0 Å². The van der Waals surface area contributed by atoms with Gasteiger partial charge in [-0.2, -0.15) is 0 Å². The van der Waals surface area contributed by atoms with E-state index in [2.05, 4.69) is 39.6 Å². The standard InChI is InChI=1S/C18H16BrNO/c1-2-6-14-11-20-18-16(10-9-15(19)17(14)18)21-12-13-7-4-3-5-8-13/h2-5,7-11,20H,1,6,12H2. The second kappa shape index (κ2) is 6.19. The van der Waals surface area contributed by atoms with Gasteiger partial charge in [-0.15, -0.1) is 6.58 Å². The number of H-pyrrole nitrogens is 1. The number of ether oxygens (including phenoxy) is 1. The zero-order valence-electron chi connectivity index (χ0n) is 11.6. The average Bonchev–Trinajstić information content (AvgIpc) is 2.93. The molecule has 0 aliphatic rings. The van der Waals surface area contributed by atoms with Crippen LogP contribution in [0.15, 0.2) is 65.8 Å². The Balaban J connectivity index is 1.92. The van der Waals surface area contributed by atoms with Gasteiger partial charge in [0.15, 0.2) is 0 Å². The SMILES string of the molecule is C=CCc1c[nH]c2c(OCc3ccccc3)ccc(Br)c12. The number of halogens is 1. The molecule has 3 rings (SSSR count). The van der Waals surface area contributed by atoms with Crippen LogP contribution in [-0.4, -0.2) is 4.98 Å². The van der Waals surface area contributed by atoms with E-state index in [0.717, 1.165) is 27.7 Å². The summed E-state index contributed by atoms with van der Waals surface area (Å²) in [4.78, 5) is 3.32. The first-order valence-corrected chi connectivity index (χ1v) is 7.65. The van der Waals surface area contributed by atoms with Gasteiger partial charge in [0, 0.05) is 16.1 Å². The summed E-state index contributed by atoms with van der Waals surface area (Å²) in [6.07, 6.45) is 4.76. The second-order valence-corrected chi connectivity index (χ2v) is 5.73. The minimum absolute atomic E-state index is 0.563. The molecule has 0 fully saturated rings. The molecule has 0 radical (unpaired) electrons. The molecule has 0 saturated carbocycles. The van der Waals surface area contributed by atoms with E-state index in [0.29, 0.717) is 6.61 Å². The van der Waals surface area contributed by atoms with Crippen LogP contribution in [0, 0.1) is 0 Å². The number of rotatable bonds is 5. The maximum atomic E-state index is 5.97. The van der Waals surface area contributed by atoms with Crippen molar-refractivity contribution >= 4 is 26.8 Å². The molecule has 2 nitrogen and oxygen atoms in total. The predicted octanol–water partition coefficient (Wildman–Crippen LogP) is 5.24. The van der Waals surface area contributed by atoms with Crippen molar-refractivity contribution in [1.82, 2.24) is 4.98 Å². The van der Waals surface area contributed by atoms with Gasteiger partial charge in [-0.25, -0.2) is 0 Å². The number of benzene rings is 2. The van der Waals surface area contributed by atoms with E-state index in [1.165, 1.54) is 10.9 Å². The minimum atomic E-state index is 0.563. The van der Waals surface area contributed by atoms with Gasteiger partial charge in [0.1, 0.15) is 12.4 Å². The smallest absolute Gasteiger partial charge is 0.143 e. The zero-order valence-corrected chi connectivity index (χ0v) is 13.2. The Bertz CT molecular complexity index is 761. The number of hydrogen-bond acceptors (Lipinski definition) is 1. The van der Waals surface area contributed by atoms with Gasteiger partial charge in [-0.05, 0) is 29.7 Å². The molecule has 0 amide bonds. The van der Waals surface area contributed by atoms with Crippen molar-refractivity contribution < 1.29 is 4.74 Å². The van der Waals surface area contributed by atoms with E-state index < -0.39 is 0 Å². The van der Waals surface area contributed by atoms with Gasteiger partial charge in [0.2, 0.25) is 0 Å². The molecule has 3 aromatic rings. The molecule has 2 aromatic carbocycles. The molecular weight excluding hydrogens is 326 g/mol. The van der Waals surface area contributed by atoms with Crippen LogP contribution < -0.4 is 4.74 Å². The van der Waals surface area contributed by atoms with E-state index in [9.17, 15) is 0 Å². The summed E-state index contributed by atoms with van der Waals surface area (Å²) in [5, 5.41) is 1.17. The van der Waals surface area contributed by atoms with E-state index in [1.807, 2.05) is 42.6 Å². The van der Waals surface area contributed by atoms with Gasteiger partial charge in [0.25, 0.3) is 0 Å². The molecule has 0 atom stereocenters. The summed E-state index contributed by atoms with van der Waals surface area (Å²) in [5.41, 5.74) is 3.40. The lowest BCUT2D eigenvalue weighted by atomic mass is 10.1. The lowest BCUT2D eigenvalue weighted by Gasteiger charge is -2.09. The fourth-order valence-corrected chi connectivity index (χ4v) is 3.00. The van der Waals surface area contributed by atoms with Crippen LogP contribution >= 0.6 is 15.9 Å². The molecule has 1 N–H and O–H groups in total. The zero-order chi connectivity index (χ0) is 14.7. The van der Waals surface area contributed by atoms with Crippen LogP contribution in [0.1, 0.15) is 11.1 Å².